The van der Waals surface area contributed by atoms with Gasteiger partial charge in [-0.15, -0.1) is 5.10 Å². The van der Waals surface area contributed by atoms with Crippen LogP contribution in [0, 0.1) is 0 Å². The lowest BCUT2D eigenvalue weighted by Crippen LogP contribution is -2.31. The van der Waals surface area contributed by atoms with Gasteiger partial charge in [0, 0.05) is 31.1 Å². The van der Waals surface area contributed by atoms with Gasteiger partial charge < -0.3 is 4.90 Å². The molecule has 0 bridgehead atoms. The van der Waals surface area contributed by atoms with Gasteiger partial charge in [-0.25, -0.2) is 17.9 Å². The Morgan fingerprint density at radius 3 is 2.33 bits per heavy atom. The van der Waals surface area contributed by atoms with E-state index in [0.29, 0.717) is 41.2 Å². The van der Waals surface area contributed by atoms with Crippen molar-refractivity contribution in [3.05, 3.63) is 130 Å². The summed E-state index contributed by atoms with van der Waals surface area (Å²) in [5.74, 6) is -0.233. The summed E-state index contributed by atoms with van der Waals surface area (Å²) in [4.78, 5) is 40.3. The van der Waals surface area contributed by atoms with Crippen LogP contribution in [0.5, 0.6) is 0 Å². The highest BCUT2D eigenvalue weighted by molar-refractivity contribution is 7.90. The van der Waals surface area contributed by atoms with Crippen molar-refractivity contribution in [1.29, 1.82) is 0 Å². The molecule has 5 aromatic rings. The number of nitrogens with one attached hydrogen (secondary N) is 1. The molecular formula is C36H36ClN5O5S. The molecule has 1 aromatic heterocycles. The molecular weight excluding hydrogens is 650 g/mol. The van der Waals surface area contributed by atoms with E-state index in [1.807, 2.05) is 18.2 Å². The van der Waals surface area contributed by atoms with E-state index in [4.69, 9.17) is 11.6 Å². The third-order valence-electron chi connectivity index (χ3n) is 7.96. The standard InChI is InChI=1S/C36H36ClN5O5S/c1-4-6-18-33-38-42(28-13-11-12-27(23-28)40(3)34(43)5-2)36(45)41(33)24-25-19-21-26(22-20-25)29-14-8-10-17-32(29)48(46,47)39-35(44)30-15-7-9-16-31(30)37/h7-17,19-23H,4-6,18,24H2,1-3H3,(H,39,44). The van der Waals surface area contributed by atoms with Gasteiger partial charge in [-0.1, -0.05) is 92.5 Å². The number of nitrogens with zero attached hydrogens (tertiary/aromatic N) is 4. The molecule has 248 valence electrons. The first-order valence-corrected chi connectivity index (χ1v) is 17.5. The molecule has 0 fully saturated rings. The van der Waals surface area contributed by atoms with Gasteiger partial charge in [0.25, 0.3) is 15.9 Å². The minimum absolute atomic E-state index is 0.0424. The van der Waals surface area contributed by atoms with Crippen LogP contribution in [0.15, 0.2) is 107 Å². The number of amides is 2. The predicted octanol–water partition coefficient (Wildman–Crippen LogP) is 6.24. The zero-order valence-electron chi connectivity index (χ0n) is 26.9. The van der Waals surface area contributed by atoms with Gasteiger partial charge in [0.1, 0.15) is 5.82 Å². The quantitative estimate of drug-likeness (QED) is 0.166. The fraction of sp³-hybridized carbons (Fsp3) is 0.222. The van der Waals surface area contributed by atoms with E-state index in [1.54, 1.807) is 84.1 Å². The first kappa shape index (κ1) is 34.3. The monoisotopic (exact) mass is 685 g/mol. The highest BCUT2D eigenvalue weighted by atomic mass is 35.5. The summed E-state index contributed by atoms with van der Waals surface area (Å²) in [7, 11) is -2.56. The minimum Gasteiger partial charge on any atom is -0.315 e. The first-order valence-electron chi connectivity index (χ1n) is 15.6. The summed E-state index contributed by atoms with van der Waals surface area (Å²) < 4.78 is 31.9. The largest absolute Gasteiger partial charge is 0.351 e. The Balaban J connectivity index is 1.43. The van der Waals surface area contributed by atoms with E-state index in [-0.39, 0.29) is 33.6 Å². The average molecular weight is 686 g/mol. The Kier molecular flexibility index (Phi) is 10.6. The van der Waals surface area contributed by atoms with Crippen LogP contribution < -0.4 is 15.3 Å². The maximum atomic E-state index is 13.8. The molecule has 0 aliphatic carbocycles. The lowest BCUT2D eigenvalue weighted by atomic mass is 10.0. The van der Waals surface area contributed by atoms with Crippen molar-refractivity contribution in [3.8, 4) is 16.8 Å². The summed E-state index contributed by atoms with van der Waals surface area (Å²) in [6.07, 6.45) is 2.74. The van der Waals surface area contributed by atoms with Crippen LogP contribution in [0.3, 0.4) is 0 Å². The van der Waals surface area contributed by atoms with Crippen LogP contribution in [0.4, 0.5) is 5.69 Å². The fourth-order valence-electron chi connectivity index (χ4n) is 5.29. The highest BCUT2D eigenvalue weighted by Gasteiger charge is 2.24. The van der Waals surface area contributed by atoms with Crippen LogP contribution in [0.2, 0.25) is 5.02 Å². The second-order valence-corrected chi connectivity index (χ2v) is 13.3. The summed E-state index contributed by atoms with van der Waals surface area (Å²) in [6, 6.07) is 27.0. The number of sulfonamides is 1. The van der Waals surface area contributed by atoms with E-state index in [2.05, 4.69) is 16.7 Å². The molecule has 0 atom stereocenters. The van der Waals surface area contributed by atoms with Crippen LogP contribution in [0.1, 0.15) is 54.9 Å². The van der Waals surface area contributed by atoms with Gasteiger partial charge in [-0.2, -0.15) is 4.68 Å². The third kappa shape index (κ3) is 7.42. The van der Waals surface area contributed by atoms with E-state index < -0.39 is 15.9 Å². The maximum Gasteiger partial charge on any atom is 0.351 e. The van der Waals surface area contributed by atoms with Gasteiger partial charge in [-0.05, 0) is 53.9 Å². The number of aryl methyl sites for hydroxylation is 1. The number of aromatic nitrogens is 3. The molecule has 5 rings (SSSR count). The zero-order valence-corrected chi connectivity index (χ0v) is 28.5. The molecule has 0 saturated carbocycles. The van der Waals surface area contributed by atoms with Crippen molar-refractivity contribution in [2.45, 2.75) is 51.0 Å². The number of halogens is 1. The lowest BCUT2D eigenvalue weighted by Gasteiger charge is -2.17. The number of anilines is 1. The van der Waals surface area contributed by atoms with Gasteiger partial charge in [0.2, 0.25) is 5.91 Å². The lowest BCUT2D eigenvalue weighted by molar-refractivity contribution is -0.118. The molecule has 0 unspecified atom stereocenters. The molecule has 0 aliphatic rings. The Labute approximate surface area is 284 Å². The maximum absolute atomic E-state index is 13.8. The first-order chi connectivity index (χ1) is 23.0. The van der Waals surface area contributed by atoms with Crippen LogP contribution in [-0.4, -0.2) is 41.6 Å². The van der Waals surface area contributed by atoms with Gasteiger partial charge >= 0.3 is 5.69 Å². The van der Waals surface area contributed by atoms with Crippen molar-refractivity contribution in [2.24, 2.45) is 0 Å². The predicted molar refractivity (Wildman–Crippen MR) is 187 cm³/mol. The summed E-state index contributed by atoms with van der Waals surface area (Å²) in [5.41, 5.74) is 2.79. The zero-order chi connectivity index (χ0) is 34.4. The molecule has 10 nitrogen and oxygen atoms in total. The molecule has 48 heavy (non-hydrogen) atoms. The molecule has 0 spiro atoms. The van der Waals surface area contributed by atoms with Crippen molar-refractivity contribution < 1.29 is 18.0 Å². The molecule has 4 aromatic carbocycles. The number of benzene rings is 4. The molecule has 1 N–H and O–H groups in total. The third-order valence-corrected chi connectivity index (χ3v) is 9.68. The molecule has 1 heterocycles. The van der Waals surface area contributed by atoms with E-state index in [1.165, 1.54) is 22.9 Å². The molecule has 12 heteroatoms. The summed E-state index contributed by atoms with van der Waals surface area (Å²) >= 11 is 6.11. The number of hydrogen-bond acceptors (Lipinski definition) is 6. The number of carbonyl (C=O) groups is 2. The van der Waals surface area contributed by atoms with Crippen LogP contribution >= 0.6 is 11.6 Å². The second-order valence-electron chi connectivity index (χ2n) is 11.2. The smallest absolute Gasteiger partial charge is 0.315 e. The number of hydrogen-bond donors (Lipinski definition) is 1. The minimum atomic E-state index is -4.26. The Morgan fingerprint density at radius 1 is 0.917 bits per heavy atom. The van der Waals surface area contributed by atoms with Crippen molar-refractivity contribution >= 4 is 39.1 Å². The molecule has 0 aliphatic heterocycles. The Hall–Kier alpha value is -5.00. The van der Waals surface area contributed by atoms with Crippen molar-refractivity contribution in [2.75, 3.05) is 11.9 Å². The second kappa shape index (κ2) is 14.8. The SMILES string of the molecule is CCCCc1nn(-c2cccc(N(C)C(=O)CC)c2)c(=O)n1Cc1ccc(-c2ccccc2S(=O)(=O)NC(=O)c2ccccc2Cl)cc1. The Morgan fingerprint density at radius 2 is 1.62 bits per heavy atom. The molecule has 0 radical (unpaired) electrons. The van der Waals surface area contributed by atoms with Crippen molar-refractivity contribution in [1.82, 2.24) is 19.1 Å². The normalized spacial score (nSPS) is 11.3. The molecule has 0 saturated heterocycles. The van der Waals surface area contributed by atoms with Crippen LogP contribution in [-0.2, 0) is 27.8 Å². The Bertz CT molecular complexity index is 2120. The van der Waals surface area contributed by atoms with Crippen molar-refractivity contribution in [3.63, 3.8) is 0 Å². The average Bonchev–Trinajstić information content (AvgIpc) is 3.41. The van der Waals surface area contributed by atoms with Gasteiger partial charge in [0.05, 0.1) is 27.7 Å². The van der Waals surface area contributed by atoms with E-state index in [9.17, 15) is 22.8 Å². The van der Waals surface area contributed by atoms with E-state index >= 15 is 0 Å². The fourth-order valence-corrected chi connectivity index (χ4v) is 6.71. The topological polar surface area (TPSA) is 123 Å². The van der Waals surface area contributed by atoms with Gasteiger partial charge in [0.15, 0.2) is 0 Å². The highest BCUT2D eigenvalue weighted by Crippen LogP contribution is 2.28. The van der Waals surface area contributed by atoms with Gasteiger partial charge in [-0.3, -0.25) is 14.2 Å². The number of rotatable bonds is 12. The summed E-state index contributed by atoms with van der Waals surface area (Å²) in [5, 5.41) is 4.83. The summed E-state index contributed by atoms with van der Waals surface area (Å²) in [6.45, 7) is 4.12. The van der Waals surface area contributed by atoms with Crippen LogP contribution in [0.25, 0.3) is 16.8 Å². The van der Waals surface area contributed by atoms with E-state index in [0.717, 1.165) is 18.4 Å². The number of unbranched alkanes of at least 4 members (excludes halogenated alkanes) is 1. The molecule has 2 amide bonds. The number of carbonyl (C=O) groups excluding carboxylic acids is 2.